The molecule has 6 nitrogen and oxygen atoms in total. The molecule has 28 heavy (non-hydrogen) atoms. The fourth-order valence-electron chi connectivity index (χ4n) is 4.71. The molecular formula is C22H31N5O. The zero-order valence-electron chi connectivity index (χ0n) is 16.9. The first kappa shape index (κ1) is 19.2. The third-order valence-corrected chi connectivity index (χ3v) is 6.15. The number of hydrogen-bond acceptors (Lipinski definition) is 4. The van der Waals surface area contributed by atoms with Crippen molar-refractivity contribution in [3.05, 3.63) is 36.4 Å². The van der Waals surface area contributed by atoms with Gasteiger partial charge in [-0.2, -0.15) is 5.10 Å². The summed E-state index contributed by atoms with van der Waals surface area (Å²) in [5.41, 5.74) is 4.58. The van der Waals surface area contributed by atoms with E-state index in [0.717, 1.165) is 30.7 Å². The van der Waals surface area contributed by atoms with Crippen LogP contribution in [0.4, 0.5) is 0 Å². The van der Waals surface area contributed by atoms with Gasteiger partial charge in [-0.05, 0) is 56.2 Å². The standard InChI is InChI=1S/C22H31N5O/c1-3-8-27(9-10-28)19-6-4-16(5-7-19)17-11-20-21(14-24-22(20)23-12-17)18-13-25-26(2)15-18/h11-16,19,28H,3-10H2,1-2H3,(H,23,24)/t16-,19-. The highest BCUT2D eigenvalue weighted by Gasteiger charge is 2.26. The maximum Gasteiger partial charge on any atom is 0.137 e. The third-order valence-electron chi connectivity index (χ3n) is 6.15. The number of nitrogens with one attached hydrogen (secondary N) is 1. The Morgan fingerprint density at radius 1 is 1.21 bits per heavy atom. The van der Waals surface area contributed by atoms with Crippen LogP contribution in [0.3, 0.4) is 0 Å². The topological polar surface area (TPSA) is 70.0 Å². The van der Waals surface area contributed by atoms with Gasteiger partial charge in [-0.15, -0.1) is 0 Å². The fraction of sp³-hybridized carbons (Fsp3) is 0.545. The highest BCUT2D eigenvalue weighted by Crippen LogP contribution is 2.37. The van der Waals surface area contributed by atoms with Crippen LogP contribution in [-0.2, 0) is 7.05 Å². The van der Waals surface area contributed by atoms with Crippen LogP contribution in [0.15, 0.2) is 30.9 Å². The summed E-state index contributed by atoms with van der Waals surface area (Å²) < 4.78 is 1.83. The van der Waals surface area contributed by atoms with Crippen molar-refractivity contribution in [2.24, 2.45) is 7.05 Å². The number of aromatic amines is 1. The van der Waals surface area contributed by atoms with Crippen LogP contribution in [0.2, 0.25) is 0 Å². The highest BCUT2D eigenvalue weighted by molar-refractivity contribution is 5.93. The van der Waals surface area contributed by atoms with E-state index in [4.69, 9.17) is 4.98 Å². The monoisotopic (exact) mass is 381 g/mol. The number of aliphatic hydroxyl groups is 1. The van der Waals surface area contributed by atoms with Crippen LogP contribution in [0.5, 0.6) is 0 Å². The summed E-state index contributed by atoms with van der Waals surface area (Å²) in [6, 6.07) is 2.93. The molecule has 6 heteroatoms. The molecule has 3 aromatic rings. The molecule has 0 atom stereocenters. The number of fused-ring (bicyclic) bond motifs is 1. The first-order valence-corrected chi connectivity index (χ1v) is 10.5. The maximum atomic E-state index is 9.37. The molecule has 4 rings (SSSR count). The van der Waals surface area contributed by atoms with E-state index in [-0.39, 0.29) is 6.61 Å². The number of aromatic nitrogens is 4. The summed E-state index contributed by atoms with van der Waals surface area (Å²) in [7, 11) is 1.94. The van der Waals surface area contributed by atoms with Crippen molar-refractivity contribution in [3.8, 4) is 11.1 Å². The maximum absolute atomic E-state index is 9.37. The van der Waals surface area contributed by atoms with Gasteiger partial charge in [0.15, 0.2) is 0 Å². The summed E-state index contributed by atoms with van der Waals surface area (Å²) in [6.45, 7) is 4.36. The first-order valence-electron chi connectivity index (χ1n) is 10.5. The van der Waals surface area contributed by atoms with E-state index >= 15 is 0 Å². The fourth-order valence-corrected chi connectivity index (χ4v) is 4.71. The van der Waals surface area contributed by atoms with Crippen molar-refractivity contribution in [1.82, 2.24) is 24.6 Å². The first-order chi connectivity index (χ1) is 13.7. The second-order valence-electron chi connectivity index (χ2n) is 8.03. The minimum atomic E-state index is 0.255. The van der Waals surface area contributed by atoms with Crippen LogP contribution in [0, 0.1) is 0 Å². The summed E-state index contributed by atoms with van der Waals surface area (Å²) in [6.07, 6.45) is 14.0. The molecule has 1 fully saturated rings. The predicted molar refractivity (Wildman–Crippen MR) is 112 cm³/mol. The van der Waals surface area contributed by atoms with Gasteiger partial charge < -0.3 is 10.1 Å². The molecule has 3 heterocycles. The summed E-state index contributed by atoms with van der Waals surface area (Å²) in [4.78, 5) is 10.5. The Morgan fingerprint density at radius 2 is 2.04 bits per heavy atom. The average Bonchev–Trinajstić information content (AvgIpc) is 3.33. The number of aryl methyl sites for hydroxylation is 1. The van der Waals surface area contributed by atoms with E-state index in [2.05, 4.69) is 28.0 Å². The quantitative estimate of drug-likeness (QED) is 0.655. The number of hydrogen-bond donors (Lipinski definition) is 2. The second kappa shape index (κ2) is 8.45. The molecule has 1 saturated carbocycles. The van der Waals surface area contributed by atoms with Crippen molar-refractivity contribution in [3.63, 3.8) is 0 Å². The van der Waals surface area contributed by atoms with Crippen LogP contribution in [-0.4, -0.2) is 55.5 Å². The van der Waals surface area contributed by atoms with Crippen LogP contribution >= 0.6 is 0 Å². The van der Waals surface area contributed by atoms with Gasteiger partial charge in [0.1, 0.15) is 5.65 Å². The normalized spacial score (nSPS) is 20.3. The van der Waals surface area contributed by atoms with Crippen LogP contribution in [0.1, 0.15) is 50.5 Å². The van der Waals surface area contributed by atoms with Gasteiger partial charge in [0.2, 0.25) is 0 Å². The van der Waals surface area contributed by atoms with Crippen molar-refractivity contribution in [2.45, 2.75) is 51.0 Å². The Kier molecular flexibility index (Phi) is 5.78. The van der Waals surface area contributed by atoms with Gasteiger partial charge in [-0.25, -0.2) is 4.98 Å². The minimum Gasteiger partial charge on any atom is -0.395 e. The Balaban J connectivity index is 1.51. The minimum absolute atomic E-state index is 0.255. The molecule has 1 aliphatic carbocycles. The number of H-pyrrole nitrogens is 1. The lowest BCUT2D eigenvalue weighted by Crippen LogP contribution is -2.40. The Morgan fingerprint density at radius 3 is 2.71 bits per heavy atom. The molecule has 0 aromatic carbocycles. The van der Waals surface area contributed by atoms with E-state index in [1.165, 1.54) is 42.2 Å². The Hall–Kier alpha value is -2.18. The van der Waals surface area contributed by atoms with Gasteiger partial charge in [-0.3, -0.25) is 9.58 Å². The van der Waals surface area contributed by atoms with Crippen LogP contribution < -0.4 is 0 Å². The largest absolute Gasteiger partial charge is 0.395 e. The molecule has 2 N–H and O–H groups in total. The van der Waals surface area contributed by atoms with Gasteiger partial charge >= 0.3 is 0 Å². The van der Waals surface area contributed by atoms with E-state index < -0.39 is 0 Å². The number of aliphatic hydroxyl groups excluding tert-OH is 1. The lowest BCUT2D eigenvalue weighted by Gasteiger charge is -2.36. The Bertz CT molecular complexity index is 901. The second-order valence-corrected chi connectivity index (χ2v) is 8.03. The van der Waals surface area contributed by atoms with Crippen molar-refractivity contribution >= 4 is 11.0 Å². The van der Waals surface area contributed by atoms with E-state index in [1.54, 1.807) is 0 Å². The average molecular weight is 382 g/mol. The van der Waals surface area contributed by atoms with E-state index in [9.17, 15) is 5.11 Å². The molecule has 0 spiro atoms. The van der Waals surface area contributed by atoms with E-state index in [0.29, 0.717) is 12.0 Å². The zero-order chi connectivity index (χ0) is 19.5. The van der Waals surface area contributed by atoms with Gasteiger partial charge in [0, 0.05) is 54.7 Å². The van der Waals surface area contributed by atoms with Gasteiger partial charge in [0.05, 0.1) is 12.8 Å². The SMILES string of the molecule is CCCN(CCO)[C@H]1CC[C@H](c2cnc3[nH]cc(-c4cnn(C)c4)c3c2)CC1. The Labute approximate surface area is 166 Å². The third kappa shape index (κ3) is 3.84. The van der Waals surface area contributed by atoms with E-state index in [1.807, 2.05) is 36.5 Å². The zero-order valence-corrected chi connectivity index (χ0v) is 16.9. The van der Waals surface area contributed by atoms with Gasteiger partial charge in [0.25, 0.3) is 0 Å². The van der Waals surface area contributed by atoms with Crippen molar-refractivity contribution in [2.75, 3.05) is 19.7 Å². The molecule has 0 bridgehead atoms. The number of pyridine rings is 1. The molecule has 0 unspecified atom stereocenters. The lowest BCUT2D eigenvalue weighted by molar-refractivity contribution is 0.119. The molecule has 0 radical (unpaired) electrons. The smallest absolute Gasteiger partial charge is 0.137 e. The highest BCUT2D eigenvalue weighted by atomic mass is 16.3. The summed E-state index contributed by atoms with van der Waals surface area (Å²) in [5.74, 6) is 0.572. The summed E-state index contributed by atoms with van der Waals surface area (Å²) in [5, 5.41) is 14.9. The predicted octanol–water partition coefficient (Wildman–Crippen LogP) is 3.69. The molecule has 0 amide bonds. The van der Waals surface area contributed by atoms with Crippen molar-refractivity contribution in [1.29, 1.82) is 0 Å². The molecule has 150 valence electrons. The molecule has 0 saturated heterocycles. The molecular weight excluding hydrogens is 350 g/mol. The van der Waals surface area contributed by atoms with Crippen molar-refractivity contribution < 1.29 is 5.11 Å². The van der Waals surface area contributed by atoms with Crippen LogP contribution in [0.25, 0.3) is 22.2 Å². The molecule has 1 aliphatic rings. The number of rotatable bonds is 7. The molecule has 3 aromatic heterocycles. The summed E-state index contributed by atoms with van der Waals surface area (Å²) >= 11 is 0. The van der Waals surface area contributed by atoms with Gasteiger partial charge in [-0.1, -0.05) is 6.92 Å². The number of nitrogens with zero attached hydrogens (tertiary/aromatic N) is 4. The molecule has 0 aliphatic heterocycles. The lowest BCUT2D eigenvalue weighted by atomic mass is 9.81.